The van der Waals surface area contributed by atoms with Gasteiger partial charge in [0.25, 0.3) is 0 Å². The number of nitrogens with zero attached hydrogens (tertiary/aromatic N) is 2. The number of ether oxygens (including phenoxy) is 1. The summed E-state index contributed by atoms with van der Waals surface area (Å²) in [5.41, 5.74) is 2.09. The molecule has 0 fully saturated rings. The van der Waals surface area contributed by atoms with Crippen LogP contribution in [-0.4, -0.2) is 44.7 Å². The van der Waals surface area contributed by atoms with Crippen molar-refractivity contribution in [2.45, 2.75) is 32.7 Å². The van der Waals surface area contributed by atoms with E-state index >= 15 is 0 Å². The first kappa shape index (κ1) is 17.9. The topological polar surface area (TPSA) is 85.2 Å². The van der Waals surface area contributed by atoms with Crippen LogP contribution in [0.4, 0.5) is 0 Å². The third-order valence-corrected chi connectivity index (χ3v) is 3.78. The molecule has 1 rings (SSSR count). The number of aromatic nitrogens is 2. The average molecular weight is 318 g/mol. The second-order valence-electron chi connectivity index (χ2n) is 5.35. The molecule has 0 spiro atoms. The Morgan fingerprint density at radius 3 is 2.52 bits per heavy atom. The molecule has 0 aliphatic heterocycles. The Hall–Kier alpha value is -1.12. The molecule has 1 aromatic rings. The number of nitrogens with one attached hydrogen (secondary N) is 2. The van der Waals surface area contributed by atoms with Gasteiger partial charge in [-0.3, -0.25) is 0 Å². The van der Waals surface area contributed by atoms with Gasteiger partial charge in [0.15, 0.2) is 0 Å². The second kappa shape index (κ2) is 7.77. The molecule has 0 atom stereocenters. The van der Waals surface area contributed by atoms with Crippen molar-refractivity contribution in [3.05, 3.63) is 11.3 Å². The maximum atomic E-state index is 10.9. The van der Waals surface area contributed by atoms with Gasteiger partial charge in [-0.1, -0.05) is 13.8 Å². The smallest absolute Gasteiger partial charge is 0.216 e. The number of aryl methyl sites for hydroxylation is 1. The lowest BCUT2D eigenvalue weighted by Gasteiger charge is -2.09. The average Bonchev–Trinajstić information content (AvgIpc) is 2.68. The van der Waals surface area contributed by atoms with Crippen molar-refractivity contribution >= 4 is 10.0 Å². The Kier molecular flexibility index (Phi) is 6.63. The first-order valence-corrected chi connectivity index (χ1v) is 8.90. The van der Waals surface area contributed by atoms with E-state index in [4.69, 9.17) is 4.74 Å². The molecular weight excluding hydrogens is 292 g/mol. The van der Waals surface area contributed by atoms with Crippen LogP contribution in [0.5, 0.6) is 5.88 Å². The summed E-state index contributed by atoms with van der Waals surface area (Å²) in [6.07, 6.45) is 1.89. The molecule has 0 radical (unpaired) electrons. The number of rotatable bonds is 9. The van der Waals surface area contributed by atoms with Crippen molar-refractivity contribution in [3.8, 4) is 5.88 Å². The molecule has 0 bridgehead atoms. The summed E-state index contributed by atoms with van der Waals surface area (Å²) in [6.45, 7) is 6.01. The molecule has 0 amide bonds. The lowest BCUT2D eigenvalue weighted by molar-refractivity contribution is 0.368. The second-order valence-corrected chi connectivity index (χ2v) is 7.18. The Morgan fingerprint density at radius 2 is 2.00 bits per heavy atom. The van der Waals surface area contributed by atoms with E-state index in [1.807, 2.05) is 7.05 Å². The summed E-state index contributed by atoms with van der Waals surface area (Å²) in [7, 11) is 0.405. The van der Waals surface area contributed by atoms with Crippen molar-refractivity contribution < 1.29 is 13.2 Å². The SMILES string of the molecule is COc1c(CNCCCNS(C)(=O)=O)c(C(C)C)nn1C. The summed E-state index contributed by atoms with van der Waals surface area (Å²) >= 11 is 0. The van der Waals surface area contributed by atoms with E-state index < -0.39 is 10.0 Å². The van der Waals surface area contributed by atoms with Gasteiger partial charge in [0.2, 0.25) is 15.9 Å². The van der Waals surface area contributed by atoms with Crippen molar-refractivity contribution in [3.63, 3.8) is 0 Å². The fraction of sp³-hybridized carbons (Fsp3) is 0.769. The third-order valence-electron chi connectivity index (χ3n) is 3.06. The molecule has 1 aromatic heterocycles. The Bertz CT molecular complexity index is 552. The molecule has 0 aromatic carbocycles. The lowest BCUT2D eigenvalue weighted by atomic mass is 10.1. The number of hydrogen-bond acceptors (Lipinski definition) is 5. The van der Waals surface area contributed by atoms with Crippen molar-refractivity contribution in [1.82, 2.24) is 19.8 Å². The highest BCUT2D eigenvalue weighted by Gasteiger charge is 2.18. The highest BCUT2D eigenvalue weighted by atomic mass is 32.2. The standard InChI is InChI=1S/C13H26N4O3S/c1-10(2)12-11(13(20-4)17(3)16-12)9-14-7-6-8-15-21(5,18)19/h10,14-15H,6-9H2,1-5H3. The van der Waals surface area contributed by atoms with Crippen LogP contribution in [0.25, 0.3) is 0 Å². The Labute approximate surface area is 127 Å². The maximum absolute atomic E-state index is 10.9. The maximum Gasteiger partial charge on any atom is 0.216 e. The van der Waals surface area contributed by atoms with Crippen molar-refractivity contribution in [1.29, 1.82) is 0 Å². The van der Waals surface area contributed by atoms with Crippen LogP contribution < -0.4 is 14.8 Å². The Morgan fingerprint density at radius 1 is 1.33 bits per heavy atom. The van der Waals surface area contributed by atoms with Crippen LogP contribution in [0.3, 0.4) is 0 Å². The first-order valence-electron chi connectivity index (χ1n) is 7.01. The van der Waals surface area contributed by atoms with Gasteiger partial charge in [-0.2, -0.15) is 5.10 Å². The highest BCUT2D eigenvalue weighted by Crippen LogP contribution is 2.26. The monoisotopic (exact) mass is 318 g/mol. The minimum absolute atomic E-state index is 0.323. The number of sulfonamides is 1. The van der Waals surface area contributed by atoms with Crippen LogP contribution >= 0.6 is 0 Å². The van der Waals surface area contributed by atoms with E-state index in [2.05, 4.69) is 29.0 Å². The van der Waals surface area contributed by atoms with Crippen molar-refractivity contribution in [2.24, 2.45) is 7.05 Å². The van der Waals surface area contributed by atoms with Gasteiger partial charge in [-0.15, -0.1) is 0 Å². The van der Waals surface area contributed by atoms with E-state index in [0.29, 0.717) is 19.0 Å². The molecule has 7 nitrogen and oxygen atoms in total. The van der Waals surface area contributed by atoms with Gasteiger partial charge in [0.1, 0.15) is 0 Å². The minimum Gasteiger partial charge on any atom is -0.481 e. The molecule has 0 unspecified atom stereocenters. The summed E-state index contributed by atoms with van der Waals surface area (Å²) < 4.78 is 31.5. The van der Waals surface area contributed by atoms with Gasteiger partial charge < -0.3 is 10.1 Å². The molecule has 0 aliphatic carbocycles. The summed E-state index contributed by atoms with van der Waals surface area (Å²) in [5, 5.41) is 7.79. The molecule has 1 heterocycles. The number of hydrogen-bond donors (Lipinski definition) is 2. The molecular formula is C13H26N4O3S. The zero-order chi connectivity index (χ0) is 16.0. The molecule has 21 heavy (non-hydrogen) atoms. The van der Waals surface area contributed by atoms with Gasteiger partial charge in [-0.25, -0.2) is 17.8 Å². The molecule has 0 saturated carbocycles. The minimum atomic E-state index is -3.10. The van der Waals surface area contributed by atoms with Crippen LogP contribution in [0.2, 0.25) is 0 Å². The zero-order valence-corrected chi connectivity index (χ0v) is 14.2. The molecule has 2 N–H and O–H groups in total. The fourth-order valence-corrected chi connectivity index (χ4v) is 2.66. The van der Waals surface area contributed by atoms with Gasteiger partial charge in [0, 0.05) is 20.1 Å². The van der Waals surface area contributed by atoms with E-state index in [-0.39, 0.29) is 0 Å². The van der Waals surface area contributed by atoms with E-state index in [0.717, 1.165) is 36.4 Å². The third kappa shape index (κ3) is 5.64. The highest BCUT2D eigenvalue weighted by molar-refractivity contribution is 7.88. The van der Waals surface area contributed by atoms with Crippen LogP contribution in [0.1, 0.15) is 37.4 Å². The van der Waals surface area contributed by atoms with Crippen LogP contribution in [0.15, 0.2) is 0 Å². The quantitative estimate of drug-likeness (QED) is 0.651. The van der Waals surface area contributed by atoms with Crippen LogP contribution in [-0.2, 0) is 23.6 Å². The van der Waals surface area contributed by atoms with Gasteiger partial charge >= 0.3 is 0 Å². The summed E-state index contributed by atoms with van der Waals surface area (Å²) in [4.78, 5) is 0. The van der Waals surface area contributed by atoms with Gasteiger partial charge in [-0.05, 0) is 18.9 Å². The molecule has 122 valence electrons. The van der Waals surface area contributed by atoms with E-state index in [9.17, 15) is 8.42 Å². The molecule has 8 heteroatoms. The molecule has 0 saturated heterocycles. The van der Waals surface area contributed by atoms with Crippen molar-refractivity contribution in [2.75, 3.05) is 26.5 Å². The summed E-state index contributed by atoms with van der Waals surface area (Å²) in [5.74, 6) is 1.09. The largest absolute Gasteiger partial charge is 0.481 e. The van der Waals surface area contributed by atoms with Crippen LogP contribution in [0, 0.1) is 0 Å². The van der Waals surface area contributed by atoms with E-state index in [1.54, 1.807) is 11.8 Å². The Balaban J connectivity index is 2.51. The zero-order valence-electron chi connectivity index (χ0n) is 13.4. The van der Waals surface area contributed by atoms with Gasteiger partial charge in [0.05, 0.1) is 24.6 Å². The predicted octanol–water partition coefficient (Wildman–Crippen LogP) is 0.581. The molecule has 0 aliphatic rings. The normalized spacial score (nSPS) is 12.1. The van der Waals surface area contributed by atoms with E-state index in [1.165, 1.54) is 0 Å². The first-order chi connectivity index (χ1) is 9.76. The lowest BCUT2D eigenvalue weighted by Crippen LogP contribution is -2.26. The summed E-state index contributed by atoms with van der Waals surface area (Å²) in [6, 6.07) is 0. The number of methoxy groups -OCH3 is 1. The predicted molar refractivity (Wildman–Crippen MR) is 83.0 cm³/mol. The fourth-order valence-electron chi connectivity index (χ4n) is 2.14.